The molecule has 164 valence electrons. The number of benzene rings is 1. The third kappa shape index (κ3) is 6.06. The van der Waals surface area contributed by atoms with Gasteiger partial charge in [-0.25, -0.2) is 0 Å². The number of rotatable bonds is 7. The molecule has 0 saturated carbocycles. The molecule has 1 N–H and O–H groups in total. The molecule has 1 amide bonds. The Hall–Kier alpha value is -2.88. The number of aromatic nitrogens is 1. The van der Waals surface area contributed by atoms with Crippen LogP contribution < -0.4 is 5.32 Å². The summed E-state index contributed by atoms with van der Waals surface area (Å²) in [6, 6.07) is 11.9. The Morgan fingerprint density at radius 3 is 2.52 bits per heavy atom. The Labute approximate surface area is 185 Å². The van der Waals surface area contributed by atoms with Crippen molar-refractivity contribution in [1.29, 1.82) is 5.26 Å². The molecule has 1 fully saturated rings. The molecule has 0 bridgehead atoms. The van der Waals surface area contributed by atoms with Gasteiger partial charge in [-0.05, 0) is 55.2 Å². The van der Waals surface area contributed by atoms with E-state index >= 15 is 0 Å². The molecule has 1 aromatic heterocycles. The molecular weight excluding hydrogens is 388 g/mol. The largest absolute Gasteiger partial charge is 0.379 e. The van der Waals surface area contributed by atoms with Gasteiger partial charge in [-0.15, -0.1) is 0 Å². The first kappa shape index (κ1) is 22.8. The minimum absolute atomic E-state index is 0.0993. The van der Waals surface area contributed by atoms with Crippen molar-refractivity contribution in [3.05, 3.63) is 58.4 Å². The summed E-state index contributed by atoms with van der Waals surface area (Å²) in [5.74, 6) is 0.128. The topological polar surface area (TPSA) is 70.3 Å². The number of amides is 1. The van der Waals surface area contributed by atoms with E-state index in [1.807, 2.05) is 37.3 Å². The maximum Gasteiger partial charge on any atom is 0.266 e. The Kier molecular flexibility index (Phi) is 7.67. The van der Waals surface area contributed by atoms with Crippen LogP contribution >= 0.6 is 0 Å². The van der Waals surface area contributed by atoms with E-state index in [1.54, 1.807) is 6.08 Å². The van der Waals surface area contributed by atoms with Gasteiger partial charge in [-0.2, -0.15) is 5.26 Å². The van der Waals surface area contributed by atoms with E-state index in [1.165, 1.54) is 5.56 Å². The first-order chi connectivity index (χ1) is 14.9. The van der Waals surface area contributed by atoms with Crippen molar-refractivity contribution < 1.29 is 9.53 Å². The van der Waals surface area contributed by atoms with Gasteiger partial charge >= 0.3 is 0 Å². The summed E-state index contributed by atoms with van der Waals surface area (Å²) < 4.78 is 7.62. The number of aryl methyl sites for hydroxylation is 1. The van der Waals surface area contributed by atoms with Gasteiger partial charge in [0.05, 0.1) is 13.2 Å². The van der Waals surface area contributed by atoms with Crippen LogP contribution in [0.25, 0.3) is 6.08 Å². The van der Waals surface area contributed by atoms with Gasteiger partial charge in [0.15, 0.2) is 0 Å². The van der Waals surface area contributed by atoms with Gasteiger partial charge in [-0.3, -0.25) is 9.69 Å². The molecule has 2 aromatic rings. The van der Waals surface area contributed by atoms with Crippen molar-refractivity contribution in [2.75, 3.05) is 31.6 Å². The van der Waals surface area contributed by atoms with Crippen molar-refractivity contribution in [1.82, 2.24) is 9.47 Å². The summed E-state index contributed by atoms with van der Waals surface area (Å²) in [6.45, 7) is 13.6. The zero-order chi connectivity index (χ0) is 22.4. The highest BCUT2D eigenvalue weighted by molar-refractivity contribution is 6.09. The van der Waals surface area contributed by atoms with E-state index in [9.17, 15) is 10.1 Å². The molecule has 0 radical (unpaired) electrons. The van der Waals surface area contributed by atoms with Gasteiger partial charge in [0, 0.05) is 43.3 Å². The van der Waals surface area contributed by atoms with Crippen LogP contribution in [0.3, 0.4) is 0 Å². The quantitative estimate of drug-likeness (QED) is 0.540. The van der Waals surface area contributed by atoms with Crippen molar-refractivity contribution in [2.45, 2.75) is 40.8 Å². The summed E-state index contributed by atoms with van der Waals surface area (Å²) in [5, 5.41) is 12.4. The van der Waals surface area contributed by atoms with E-state index in [0.717, 1.165) is 56.3 Å². The standard InChI is InChI=1S/C25H32N4O2/c1-18(2)16-29-19(3)13-22(20(29)4)14-23(15-26)25(30)27-24-7-5-21(6-8-24)17-28-9-11-31-12-10-28/h5-8,13-14,18H,9-12,16-17H2,1-4H3,(H,27,30)/b23-14-. The van der Waals surface area contributed by atoms with Crippen molar-refractivity contribution >= 4 is 17.7 Å². The molecule has 1 aliphatic rings. The molecule has 3 rings (SSSR count). The highest BCUT2D eigenvalue weighted by Crippen LogP contribution is 2.20. The average Bonchev–Trinajstić information content (AvgIpc) is 3.01. The lowest BCUT2D eigenvalue weighted by Crippen LogP contribution is -2.35. The fraction of sp³-hybridized carbons (Fsp3) is 0.440. The first-order valence-corrected chi connectivity index (χ1v) is 10.9. The molecule has 0 spiro atoms. The lowest BCUT2D eigenvalue weighted by Gasteiger charge is -2.26. The van der Waals surface area contributed by atoms with E-state index in [2.05, 4.69) is 41.6 Å². The molecule has 31 heavy (non-hydrogen) atoms. The lowest BCUT2D eigenvalue weighted by molar-refractivity contribution is -0.112. The van der Waals surface area contributed by atoms with Crippen LogP contribution in [0.2, 0.25) is 0 Å². The molecule has 1 saturated heterocycles. The van der Waals surface area contributed by atoms with Crippen LogP contribution in [-0.2, 0) is 22.6 Å². The van der Waals surface area contributed by atoms with E-state index < -0.39 is 5.91 Å². The van der Waals surface area contributed by atoms with Gasteiger partial charge in [-0.1, -0.05) is 26.0 Å². The zero-order valence-electron chi connectivity index (χ0n) is 18.9. The Morgan fingerprint density at radius 1 is 1.23 bits per heavy atom. The molecule has 2 heterocycles. The fourth-order valence-corrected chi connectivity index (χ4v) is 3.83. The molecule has 0 unspecified atom stereocenters. The molecule has 0 aliphatic carbocycles. The van der Waals surface area contributed by atoms with Crippen LogP contribution in [0.15, 0.2) is 35.9 Å². The van der Waals surface area contributed by atoms with Crippen molar-refractivity contribution in [3.8, 4) is 6.07 Å². The average molecular weight is 421 g/mol. The van der Waals surface area contributed by atoms with Crippen LogP contribution in [-0.4, -0.2) is 41.7 Å². The van der Waals surface area contributed by atoms with Crippen LogP contribution in [0.4, 0.5) is 5.69 Å². The van der Waals surface area contributed by atoms with Crippen molar-refractivity contribution in [3.63, 3.8) is 0 Å². The third-order valence-electron chi connectivity index (χ3n) is 5.55. The highest BCUT2D eigenvalue weighted by Gasteiger charge is 2.14. The Bertz CT molecular complexity index is 974. The SMILES string of the molecule is Cc1cc(/C=C(/C#N)C(=O)Nc2ccc(CN3CCOCC3)cc2)c(C)n1CC(C)C. The summed E-state index contributed by atoms with van der Waals surface area (Å²) in [5.41, 5.74) is 5.08. The third-order valence-corrected chi connectivity index (χ3v) is 5.55. The van der Waals surface area contributed by atoms with E-state index in [-0.39, 0.29) is 5.57 Å². The fourth-order valence-electron chi connectivity index (χ4n) is 3.83. The summed E-state index contributed by atoms with van der Waals surface area (Å²) in [7, 11) is 0. The van der Waals surface area contributed by atoms with E-state index in [4.69, 9.17) is 4.74 Å². The molecule has 6 heteroatoms. The monoisotopic (exact) mass is 420 g/mol. The van der Waals surface area contributed by atoms with Gasteiger partial charge in [0.1, 0.15) is 11.6 Å². The lowest BCUT2D eigenvalue weighted by atomic mass is 10.1. The predicted molar refractivity (Wildman–Crippen MR) is 124 cm³/mol. The number of hydrogen-bond acceptors (Lipinski definition) is 4. The van der Waals surface area contributed by atoms with Gasteiger partial charge < -0.3 is 14.6 Å². The van der Waals surface area contributed by atoms with Crippen molar-refractivity contribution in [2.24, 2.45) is 5.92 Å². The minimum atomic E-state index is -0.392. The number of anilines is 1. The van der Waals surface area contributed by atoms with Crippen LogP contribution in [0.1, 0.15) is 36.4 Å². The zero-order valence-corrected chi connectivity index (χ0v) is 18.9. The highest BCUT2D eigenvalue weighted by atomic mass is 16.5. The molecule has 1 aliphatic heterocycles. The summed E-state index contributed by atoms with van der Waals surface area (Å²) in [4.78, 5) is 15.1. The maximum absolute atomic E-state index is 12.7. The molecule has 0 atom stereocenters. The Morgan fingerprint density at radius 2 is 1.90 bits per heavy atom. The number of nitrogens with one attached hydrogen (secondary N) is 1. The second kappa shape index (κ2) is 10.4. The van der Waals surface area contributed by atoms with Crippen LogP contribution in [0.5, 0.6) is 0 Å². The minimum Gasteiger partial charge on any atom is -0.379 e. The molecular formula is C25H32N4O2. The van der Waals surface area contributed by atoms with Crippen LogP contribution in [0, 0.1) is 31.1 Å². The van der Waals surface area contributed by atoms with Gasteiger partial charge in [0.25, 0.3) is 5.91 Å². The molecule has 6 nitrogen and oxygen atoms in total. The first-order valence-electron chi connectivity index (χ1n) is 10.9. The number of carbonyl (C=O) groups excluding carboxylic acids is 1. The molecule has 1 aromatic carbocycles. The predicted octanol–water partition coefficient (Wildman–Crippen LogP) is 4.14. The second-order valence-electron chi connectivity index (χ2n) is 8.54. The normalized spacial score (nSPS) is 15.2. The van der Waals surface area contributed by atoms with Gasteiger partial charge in [0.2, 0.25) is 0 Å². The number of nitriles is 1. The number of nitrogens with zero attached hydrogens (tertiary/aromatic N) is 3. The summed E-state index contributed by atoms with van der Waals surface area (Å²) >= 11 is 0. The number of morpholine rings is 1. The smallest absolute Gasteiger partial charge is 0.266 e. The second-order valence-corrected chi connectivity index (χ2v) is 8.54. The maximum atomic E-state index is 12.7. The number of ether oxygens (including phenoxy) is 1. The number of carbonyl (C=O) groups is 1. The van der Waals surface area contributed by atoms with E-state index in [0.29, 0.717) is 11.6 Å². The summed E-state index contributed by atoms with van der Waals surface area (Å²) in [6.07, 6.45) is 1.68. The Balaban J connectivity index is 1.68. The number of hydrogen-bond donors (Lipinski definition) is 1.